The van der Waals surface area contributed by atoms with E-state index in [0.29, 0.717) is 18.4 Å². The number of halogens is 5. The molecule has 3 nitrogen and oxygen atoms in total. The van der Waals surface area contributed by atoms with E-state index in [1.165, 1.54) is 0 Å². The topological polar surface area (TPSA) is 43.4 Å². The third-order valence-electron chi connectivity index (χ3n) is 1.88. The highest BCUT2D eigenvalue weighted by Crippen LogP contribution is 2.35. The molecule has 0 atom stereocenters. The zero-order valence-corrected chi connectivity index (χ0v) is 11.3. The van der Waals surface area contributed by atoms with E-state index in [1.54, 1.807) is 0 Å². The average molecular weight is 351 g/mol. The van der Waals surface area contributed by atoms with Gasteiger partial charge >= 0.3 is 6.18 Å². The molecule has 0 unspecified atom stereocenters. The second-order valence-corrected chi connectivity index (χ2v) is 5.89. The van der Waals surface area contributed by atoms with E-state index < -0.39 is 39.8 Å². The van der Waals surface area contributed by atoms with Gasteiger partial charge in [0.2, 0.25) is 0 Å². The van der Waals surface area contributed by atoms with Crippen molar-refractivity contribution < 1.29 is 30.2 Å². The lowest BCUT2D eigenvalue weighted by Gasteiger charge is -2.13. The van der Waals surface area contributed by atoms with E-state index in [2.05, 4.69) is 20.1 Å². The van der Waals surface area contributed by atoms with Crippen LogP contribution in [-0.4, -0.2) is 14.7 Å². The van der Waals surface area contributed by atoms with Crippen molar-refractivity contribution in [3.63, 3.8) is 0 Å². The molecule has 0 aliphatic rings. The van der Waals surface area contributed by atoms with Gasteiger partial charge in [-0.3, -0.25) is 4.18 Å². The van der Waals surface area contributed by atoms with Crippen LogP contribution in [0.5, 0.6) is 0 Å². The van der Waals surface area contributed by atoms with Crippen LogP contribution in [0.3, 0.4) is 0 Å². The Labute approximate surface area is 109 Å². The summed E-state index contributed by atoms with van der Waals surface area (Å²) in [6, 6.07) is 1.12. The Morgan fingerprint density at radius 3 is 2.33 bits per heavy atom. The van der Waals surface area contributed by atoms with E-state index in [9.17, 15) is 26.0 Å². The second kappa shape index (κ2) is 5.14. The Morgan fingerprint density at radius 2 is 1.89 bits per heavy atom. The minimum atomic E-state index is -4.73. The fourth-order valence-corrected chi connectivity index (χ4v) is 1.83. The third-order valence-corrected chi connectivity index (χ3v) is 3.03. The Kier molecular flexibility index (Phi) is 4.39. The SMILES string of the molecule is CS(=O)(=O)OCc1cc(F)c(Br)cc1C(F)(F)F. The molecule has 0 N–H and O–H groups in total. The summed E-state index contributed by atoms with van der Waals surface area (Å²) in [6.45, 7) is -0.877. The summed E-state index contributed by atoms with van der Waals surface area (Å²) in [5.74, 6) is -0.935. The van der Waals surface area contributed by atoms with Crippen LogP contribution in [0.25, 0.3) is 0 Å². The van der Waals surface area contributed by atoms with Gasteiger partial charge in [0.05, 0.1) is 22.9 Å². The lowest BCUT2D eigenvalue weighted by Crippen LogP contribution is -2.12. The molecule has 0 fully saturated rings. The normalized spacial score (nSPS) is 12.8. The van der Waals surface area contributed by atoms with Gasteiger partial charge in [-0.15, -0.1) is 0 Å². The molecule has 0 saturated heterocycles. The molecule has 102 valence electrons. The fraction of sp³-hybridized carbons (Fsp3) is 0.333. The van der Waals surface area contributed by atoms with Crippen LogP contribution >= 0.6 is 15.9 Å². The summed E-state index contributed by atoms with van der Waals surface area (Å²) in [4.78, 5) is 0. The van der Waals surface area contributed by atoms with Gasteiger partial charge < -0.3 is 0 Å². The molecule has 1 aromatic carbocycles. The molecule has 0 bridgehead atoms. The highest BCUT2D eigenvalue weighted by Gasteiger charge is 2.34. The lowest BCUT2D eigenvalue weighted by atomic mass is 10.1. The first-order valence-electron chi connectivity index (χ1n) is 4.40. The molecule has 0 amide bonds. The highest BCUT2D eigenvalue weighted by molar-refractivity contribution is 9.10. The van der Waals surface area contributed by atoms with Gasteiger partial charge in [0, 0.05) is 0 Å². The van der Waals surface area contributed by atoms with E-state index in [-0.39, 0.29) is 4.47 Å². The number of rotatable bonds is 3. The molecule has 0 spiro atoms. The van der Waals surface area contributed by atoms with E-state index >= 15 is 0 Å². The van der Waals surface area contributed by atoms with Crippen LogP contribution in [0.1, 0.15) is 11.1 Å². The minimum absolute atomic E-state index is 0.363. The molecule has 9 heteroatoms. The third kappa shape index (κ3) is 4.21. The molecule has 0 heterocycles. The van der Waals surface area contributed by atoms with Crippen LogP contribution < -0.4 is 0 Å². The number of benzene rings is 1. The predicted molar refractivity (Wildman–Crippen MR) is 58.7 cm³/mol. The van der Waals surface area contributed by atoms with Crippen LogP contribution in [0.15, 0.2) is 16.6 Å². The van der Waals surface area contributed by atoms with Gasteiger partial charge in [0.15, 0.2) is 0 Å². The van der Waals surface area contributed by atoms with Crippen molar-refractivity contribution in [1.82, 2.24) is 0 Å². The molecule has 0 aromatic heterocycles. The van der Waals surface area contributed by atoms with E-state index in [0.717, 1.165) is 0 Å². The molecule has 0 aliphatic heterocycles. The Bertz CT molecular complexity index is 554. The van der Waals surface area contributed by atoms with Gasteiger partial charge in [0.1, 0.15) is 5.82 Å². The summed E-state index contributed by atoms with van der Waals surface area (Å²) in [7, 11) is -3.91. The monoisotopic (exact) mass is 350 g/mol. The van der Waals surface area contributed by atoms with E-state index in [4.69, 9.17) is 0 Å². The lowest BCUT2D eigenvalue weighted by molar-refractivity contribution is -0.138. The quantitative estimate of drug-likeness (QED) is 0.621. The van der Waals surface area contributed by atoms with Crippen LogP contribution in [0.4, 0.5) is 17.6 Å². The minimum Gasteiger partial charge on any atom is -0.265 e. The van der Waals surface area contributed by atoms with Crippen molar-refractivity contribution in [3.05, 3.63) is 33.5 Å². The highest BCUT2D eigenvalue weighted by atomic mass is 79.9. The van der Waals surface area contributed by atoms with Gasteiger partial charge in [-0.05, 0) is 33.6 Å². The average Bonchev–Trinajstić information content (AvgIpc) is 2.16. The largest absolute Gasteiger partial charge is 0.416 e. The maximum absolute atomic E-state index is 13.1. The summed E-state index contributed by atoms with van der Waals surface area (Å²) < 4.78 is 76.3. The summed E-state index contributed by atoms with van der Waals surface area (Å²) in [5.41, 5.74) is -1.74. The number of alkyl halides is 3. The number of hydrogen-bond donors (Lipinski definition) is 0. The Morgan fingerprint density at radius 1 is 1.33 bits per heavy atom. The maximum Gasteiger partial charge on any atom is 0.416 e. The smallest absolute Gasteiger partial charge is 0.265 e. The van der Waals surface area contributed by atoms with Crippen molar-refractivity contribution in [2.24, 2.45) is 0 Å². The van der Waals surface area contributed by atoms with Crippen molar-refractivity contribution in [2.45, 2.75) is 12.8 Å². The fourth-order valence-electron chi connectivity index (χ4n) is 1.14. The molecule has 1 rings (SSSR count). The van der Waals surface area contributed by atoms with Gasteiger partial charge in [-0.25, -0.2) is 4.39 Å². The van der Waals surface area contributed by atoms with Crippen LogP contribution in [0.2, 0.25) is 0 Å². The molecule has 0 aliphatic carbocycles. The molecular weight excluding hydrogens is 344 g/mol. The first-order valence-corrected chi connectivity index (χ1v) is 7.01. The Balaban J connectivity index is 3.20. The predicted octanol–water partition coefficient (Wildman–Crippen LogP) is 3.08. The number of hydrogen-bond acceptors (Lipinski definition) is 3. The zero-order valence-electron chi connectivity index (χ0n) is 8.88. The van der Waals surface area contributed by atoms with Gasteiger partial charge in [-0.1, -0.05) is 0 Å². The standard InChI is InChI=1S/C9H7BrF4O3S/c1-18(15,16)17-4-5-2-8(11)7(10)3-6(5)9(12,13)14/h2-3H,4H2,1H3. The van der Waals surface area contributed by atoms with Crippen molar-refractivity contribution in [1.29, 1.82) is 0 Å². The molecule has 0 radical (unpaired) electrons. The van der Waals surface area contributed by atoms with Crippen molar-refractivity contribution >= 4 is 26.0 Å². The van der Waals surface area contributed by atoms with E-state index in [1.807, 2.05) is 0 Å². The molecule has 1 aromatic rings. The van der Waals surface area contributed by atoms with Crippen LogP contribution in [0, 0.1) is 5.82 Å². The van der Waals surface area contributed by atoms with Crippen LogP contribution in [-0.2, 0) is 27.1 Å². The zero-order chi connectivity index (χ0) is 14.1. The first-order chi connectivity index (χ1) is 8.00. The maximum atomic E-state index is 13.1. The van der Waals surface area contributed by atoms with Gasteiger partial charge in [0.25, 0.3) is 10.1 Å². The summed E-state index contributed by atoms with van der Waals surface area (Å²) >= 11 is 2.63. The van der Waals surface area contributed by atoms with Gasteiger partial charge in [-0.2, -0.15) is 21.6 Å². The Hall–Kier alpha value is -0.670. The molecule has 0 saturated carbocycles. The van der Waals surface area contributed by atoms with Crippen molar-refractivity contribution in [3.8, 4) is 0 Å². The second-order valence-electron chi connectivity index (χ2n) is 3.39. The first kappa shape index (κ1) is 15.4. The molecular formula is C9H7BrF4O3S. The summed E-state index contributed by atoms with van der Waals surface area (Å²) in [6.07, 6.45) is -4.04. The summed E-state index contributed by atoms with van der Waals surface area (Å²) in [5, 5.41) is 0. The molecule has 18 heavy (non-hydrogen) atoms. The van der Waals surface area contributed by atoms with Crippen molar-refractivity contribution in [2.75, 3.05) is 6.26 Å².